The Morgan fingerprint density at radius 1 is 0.321 bits per heavy atom. The molecule has 262 valence electrons. The van der Waals surface area contributed by atoms with Crippen LogP contribution in [-0.4, -0.2) is 15.0 Å². The maximum absolute atomic E-state index is 6.45. The lowest BCUT2D eigenvalue weighted by Gasteiger charge is -2.10. The van der Waals surface area contributed by atoms with Crippen molar-refractivity contribution in [2.45, 2.75) is 0 Å². The van der Waals surface area contributed by atoms with E-state index in [4.69, 9.17) is 19.4 Å². The summed E-state index contributed by atoms with van der Waals surface area (Å²) in [5.41, 5.74) is 11.4. The molecular formula is C51H31N3OS. The fourth-order valence-electron chi connectivity index (χ4n) is 7.72. The second-order valence-corrected chi connectivity index (χ2v) is 15.1. The van der Waals surface area contributed by atoms with E-state index in [1.54, 1.807) is 11.3 Å². The Bertz CT molecular complexity index is 3240. The van der Waals surface area contributed by atoms with Gasteiger partial charge in [0.25, 0.3) is 0 Å². The monoisotopic (exact) mass is 733 g/mol. The molecule has 0 N–H and O–H groups in total. The zero-order valence-electron chi connectivity index (χ0n) is 30.1. The van der Waals surface area contributed by atoms with E-state index in [1.165, 1.54) is 32.2 Å². The van der Waals surface area contributed by atoms with Crippen LogP contribution < -0.4 is 0 Å². The Morgan fingerprint density at radius 3 is 1.64 bits per heavy atom. The second kappa shape index (κ2) is 13.3. The first-order chi connectivity index (χ1) is 27.7. The summed E-state index contributed by atoms with van der Waals surface area (Å²) in [6.07, 6.45) is 0. The Kier molecular flexibility index (Phi) is 7.64. The van der Waals surface area contributed by atoms with Gasteiger partial charge in [0.2, 0.25) is 0 Å². The van der Waals surface area contributed by atoms with Crippen molar-refractivity contribution in [3.8, 4) is 67.5 Å². The van der Waals surface area contributed by atoms with Gasteiger partial charge in [-0.3, -0.25) is 0 Å². The van der Waals surface area contributed by atoms with Gasteiger partial charge >= 0.3 is 0 Å². The van der Waals surface area contributed by atoms with Crippen molar-refractivity contribution in [3.05, 3.63) is 188 Å². The number of aromatic nitrogens is 3. The molecule has 56 heavy (non-hydrogen) atoms. The number of hydrogen-bond donors (Lipinski definition) is 0. The molecule has 8 aromatic carbocycles. The molecule has 0 spiro atoms. The lowest BCUT2D eigenvalue weighted by molar-refractivity contribution is 0.669. The Hall–Kier alpha value is -7.21. The van der Waals surface area contributed by atoms with Gasteiger partial charge < -0.3 is 4.42 Å². The third-order valence-corrected chi connectivity index (χ3v) is 11.8. The zero-order chi connectivity index (χ0) is 37.0. The largest absolute Gasteiger partial charge is 0.456 e. The average molecular weight is 734 g/mol. The molecule has 0 radical (unpaired) electrons. The Balaban J connectivity index is 1.04. The average Bonchev–Trinajstić information content (AvgIpc) is 3.85. The molecule has 0 aliphatic carbocycles. The maximum Gasteiger partial charge on any atom is 0.165 e. The summed E-state index contributed by atoms with van der Waals surface area (Å²) >= 11 is 1.77. The highest BCUT2D eigenvalue weighted by atomic mass is 32.1. The van der Waals surface area contributed by atoms with Gasteiger partial charge in [0, 0.05) is 47.6 Å². The van der Waals surface area contributed by atoms with Gasteiger partial charge in [-0.1, -0.05) is 146 Å². The van der Waals surface area contributed by atoms with E-state index in [0.717, 1.165) is 60.0 Å². The number of furan rings is 1. The third-order valence-electron chi connectivity index (χ3n) is 10.6. The summed E-state index contributed by atoms with van der Waals surface area (Å²) in [5.74, 6) is 1.85. The van der Waals surface area contributed by atoms with Crippen LogP contribution in [0.4, 0.5) is 0 Å². The molecule has 11 aromatic rings. The highest BCUT2D eigenvalue weighted by Crippen LogP contribution is 2.40. The van der Waals surface area contributed by atoms with Gasteiger partial charge in [0.05, 0.1) is 0 Å². The molecule has 0 atom stereocenters. The van der Waals surface area contributed by atoms with Crippen molar-refractivity contribution in [3.63, 3.8) is 0 Å². The van der Waals surface area contributed by atoms with Crippen molar-refractivity contribution in [1.29, 1.82) is 0 Å². The minimum Gasteiger partial charge on any atom is -0.456 e. The van der Waals surface area contributed by atoms with Gasteiger partial charge in [-0.25, -0.2) is 15.0 Å². The molecular weight excluding hydrogens is 703 g/mol. The minimum absolute atomic E-state index is 0.593. The van der Waals surface area contributed by atoms with Crippen LogP contribution >= 0.6 is 11.3 Å². The van der Waals surface area contributed by atoms with Gasteiger partial charge in [-0.15, -0.1) is 11.3 Å². The summed E-state index contributed by atoms with van der Waals surface area (Å²) in [6.45, 7) is 0. The standard InChI is InChI=1S/C51H31N3OS/c1-3-11-32(12-4-1)36-15-9-16-37(29-36)34-21-23-35(24-22-34)49-52-50(54-51(53-49)43-19-10-18-42-41-17-7-8-20-47(41)56-48(42)43)39-25-27-40-44-30-38(33-13-5-2-6-14-33)26-28-45(44)55-46(40)31-39/h1-31H. The fourth-order valence-corrected chi connectivity index (χ4v) is 8.94. The highest BCUT2D eigenvalue weighted by molar-refractivity contribution is 7.26. The van der Waals surface area contributed by atoms with Gasteiger partial charge in [0.1, 0.15) is 11.2 Å². The van der Waals surface area contributed by atoms with E-state index in [0.29, 0.717) is 17.5 Å². The van der Waals surface area contributed by atoms with Crippen LogP contribution in [0.1, 0.15) is 0 Å². The Labute approximate surface area is 327 Å². The molecule has 0 bridgehead atoms. The lowest BCUT2D eigenvalue weighted by Crippen LogP contribution is -2.00. The highest BCUT2D eigenvalue weighted by Gasteiger charge is 2.18. The van der Waals surface area contributed by atoms with Gasteiger partial charge in [-0.2, -0.15) is 0 Å². The van der Waals surface area contributed by atoms with Crippen molar-refractivity contribution in [2.75, 3.05) is 0 Å². The maximum atomic E-state index is 6.45. The van der Waals surface area contributed by atoms with E-state index in [2.05, 4.69) is 176 Å². The third kappa shape index (κ3) is 5.65. The quantitative estimate of drug-likeness (QED) is 0.171. The smallest absolute Gasteiger partial charge is 0.165 e. The van der Waals surface area contributed by atoms with Crippen molar-refractivity contribution in [2.24, 2.45) is 0 Å². The summed E-state index contributed by atoms with van der Waals surface area (Å²) < 4.78 is 8.85. The van der Waals surface area contributed by atoms with Gasteiger partial charge in [-0.05, 0) is 75.8 Å². The number of rotatable bonds is 6. The molecule has 0 saturated heterocycles. The number of benzene rings is 8. The molecule has 0 unspecified atom stereocenters. The van der Waals surface area contributed by atoms with Crippen LogP contribution in [0, 0.1) is 0 Å². The van der Waals surface area contributed by atoms with E-state index < -0.39 is 0 Å². The molecule has 3 aromatic heterocycles. The summed E-state index contributed by atoms with van der Waals surface area (Å²) in [4.78, 5) is 15.5. The number of fused-ring (bicyclic) bond motifs is 6. The number of thiophene rings is 1. The number of hydrogen-bond acceptors (Lipinski definition) is 5. The SMILES string of the molecule is c1ccc(-c2cccc(-c3ccc(-c4nc(-c5ccc6c(c5)oc5ccc(-c7ccccc7)cc56)nc(-c5cccc6c5sc5ccccc56)n4)cc3)c2)cc1. The molecule has 0 aliphatic rings. The van der Waals surface area contributed by atoms with Crippen LogP contribution in [0.5, 0.6) is 0 Å². The molecule has 4 nitrogen and oxygen atoms in total. The molecule has 0 amide bonds. The zero-order valence-corrected chi connectivity index (χ0v) is 30.9. The van der Waals surface area contributed by atoms with E-state index >= 15 is 0 Å². The lowest BCUT2D eigenvalue weighted by atomic mass is 9.98. The van der Waals surface area contributed by atoms with E-state index in [1.807, 2.05) is 12.1 Å². The minimum atomic E-state index is 0.593. The normalized spacial score (nSPS) is 11.6. The first kappa shape index (κ1) is 32.2. The van der Waals surface area contributed by atoms with Crippen LogP contribution in [-0.2, 0) is 0 Å². The van der Waals surface area contributed by atoms with E-state index in [9.17, 15) is 0 Å². The first-order valence-electron chi connectivity index (χ1n) is 18.7. The number of nitrogens with zero attached hydrogens (tertiary/aromatic N) is 3. The van der Waals surface area contributed by atoms with Crippen molar-refractivity contribution >= 4 is 53.4 Å². The van der Waals surface area contributed by atoms with Crippen LogP contribution in [0.3, 0.4) is 0 Å². The summed E-state index contributed by atoms with van der Waals surface area (Å²) in [6, 6.07) is 65.7. The molecule has 3 heterocycles. The fraction of sp³-hybridized carbons (Fsp3) is 0. The van der Waals surface area contributed by atoms with Crippen LogP contribution in [0.15, 0.2) is 192 Å². The van der Waals surface area contributed by atoms with Crippen LogP contribution in [0.2, 0.25) is 0 Å². The van der Waals surface area contributed by atoms with Gasteiger partial charge in [0.15, 0.2) is 17.5 Å². The molecule has 0 fully saturated rings. The predicted octanol–water partition coefficient (Wildman–Crippen LogP) is 14.1. The summed E-state index contributed by atoms with van der Waals surface area (Å²) in [5, 5.41) is 4.57. The Morgan fingerprint density at radius 2 is 0.875 bits per heavy atom. The molecule has 11 rings (SSSR count). The second-order valence-electron chi connectivity index (χ2n) is 14.0. The molecule has 5 heteroatoms. The van der Waals surface area contributed by atoms with Crippen molar-refractivity contribution < 1.29 is 4.42 Å². The first-order valence-corrected chi connectivity index (χ1v) is 19.5. The van der Waals surface area contributed by atoms with Crippen molar-refractivity contribution in [1.82, 2.24) is 15.0 Å². The topological polar surface area (TPSA) is 51.8 Å². The molecule has 0 saturated carbocycles. The van der Waals surface area contributed by atoms with E-state index in [-0.39, 0.29) is 0 Å². The summed E-state index contributed by atoms with van der Waals surface area (Å²) in [7, 11) is 0. The molecule has 0 aliphatic heterocycles. The van der Waals surface area contributed by atoms with Crippen LogP contribution in [0.25, 0.3) is 110 Å². The predicted molar refractivity (Wildman–Crippen MR) is 233 cm³/mol.